The molecule has 0 fully saturated rings. The Morgan fingerprint density at radius 1 is 1.29 bits per heavy atom. The summed E-state index contributed by atoms with van der Waals surface area (Å²) in [5, 5.41) is 9.88. The number of nitrogens with zero attached hydrogens (tertiary/aromatic N) is 3. The van der Waals surface area contributed by atoms with Crippen LogP contribution in [0.2, 0.25) is 5.15 Å². The van der Waals surface area contributed by atoms with Crippen molar-refractivity contribution in [1.29, 1.82) is 5.26 Å². The van der Waals surface area contributed by atoms with Crippen LogP contribution in [0.1, 0.15) is 5.56 Å². The Hall–Kier alpha value is -1.57. The van der Waals surface area contributed by atoms with Crippen LogP contribution in [0.15, 0.2) is 35.5 Å². The van der Waals surface area contributed by atoms with Gasteiger partial charge in [0, 0.05) is 11.6 Å². The van der Waals surface area contributed by atoms with Gasteiger partial charge in [-0.3, -0.25) is 0 Å². The van der Waals surface area contributed by atoms with Crippen LogP contribution in [0, 0.1) is 11.3 Å². The molecule has 1 aromatic carbocycles. The molecule has 0 saturated heterocycles. The average molecular weight is 262 g/mol. The van der Waals surface area contributed by atoms with E-state index in [1.807, 2.05) is 18.4 Å². The Morgan fingerprint density at radius 2 is 2.12 bits per heavy atom. The lowest BCUT2D eigenvalue weighted by Gasteiger charge is -2.03. The quantitative estimate of drug-likeness (QED) is 0.472. The maximum absolute atomic E-state index is 8.85. The molecule has 0 bridgehead atoms. The third-order valence-electron chi connectivity index (χ3n) is 2.14. The van der Waals surface area contributed by atoms with Crippen molar-refractivity contribution >= 4 is 23.4 Å². The molecule has 0 unspecified atom stereocenters. The van der Waals surface area contributed by atoms with E-state index in [1.54, 1.807) is 18.2 Å². The second-order valence-corrected chi connectivity index (χ2v) is 4.42. The molecule has 2 aromatic rings. The van der Waals surface area contributed by atoms with Gasteiger partial charge in [-0.25, -0.2) is 9.97 Å². The van der Waals surface area contributed by atoms with E-state index in [-0.39, 0.29) is 0 Å². The molecule has 0 N–H and O–H groups in total. The smallest absolute Gasteiger partial charge is 0.189 e. The number of nitriles is 1. The zero-order chi connectivity index (χ0) is 12.3. The fourth-order valence-electron chi connectivity index (χ4n) is 1.38. The molecule has 1 heterocycles. The Bertz CT molecular complexity index is 593. The average Bonchev–Trinajstić information content (AvgIpc) is 2.38. The van der Waals surface area contributed by atoms with Crippen molar-refractivity contribution in [3.05, 3.63) is 41.0 Å². The van der Waals surface area contributed by atoms with Gasteiger partial charge in [0.25, 0.3) is 0 Å². The fourth-order valence-corrected chi connectivity index (χ4v) is 2.00. The van der Waals surface area contributed by atoms with E-state index < -0.39 is 0 Å². The van der Waals surface area contributed by atoms with Crippen molar-refractivity contribution < 1.29 is 0 Å². The first-order chi connectivity index (χ1) is 8.22. The predicted molar refractivity (Wildman–Crippen MR) is 69.0 cm³/mol. The highest BCUT2D eigenvalue weighted by atomic mass is 35.5. The Labute approximate surface area is 108 Å². The standard InChI is InChI=1S/C12H8ClN3S/c1-17-12-15-10(6-11(13)16-12)9-4-2-3-8(5-9)7-14/h2-6H,1H3. The summed E-state index contributed by atoms with van der Waals surface area (Å²) in [7, 11) is 0. The summed E-state index contributed by atoms with van der Waals surface area (Å²) in [6.45, 7) is 0. The SMILES string of the molecule is CSc1nc(Cl)cc(-c2cccc(C#N)c2)n1. The minimum atomic E-state index is 0.404. The third kappa shape index (κ3) is 2.76. The molecule has 0 atom stereocenters. The summed E-state index contributed by atoms with van der Waals surface area (Å²) in [5.74, 6) is 0. The van der Waals surface area contributed by atoms with Gasteiger partial charge < -0.3 is 0 Å². The predicted octanol–water partition coefficient (Wildman–Crippen LogP) is 3.39. The number of aromatic nitrogens is 2. The largest absolute Gasteiger partial charge is 0.222 e. The molecule has 0 aliphatic carbocycles. The van der Waals surface area contributed by atoms with E-state index in [4.69, 9.17) is 16.9 Å². The Kier molecular flexibility index (Phi) is 3.62. The van der Waals surface area contributed by atoms with E-state index in [9.17, 15) is 0 Å². The summed E-state index contributed by atoms with van der Waals surface area (Å²) in [6, 6.07) is 11.0. The van der Waals surface area contributed by atoms with E-state index in [0.717, 1.165) is 11.3 Å². The number of thioether (sulfide) groups is 1. The number of rotatable bonds is 2. The van der Waals surface area contributed by atoms with Crippen LogP contribution in [-0.4, -0.2) is 16.2 Å². The number of hydrogen-bond donors (Lipinski definition) is 0. The van der Waals surface area contributed by atoms with Gasteiger partial charge in [0.15, 0.2) is 5.16 Å². The van der Waals surface area contributed by atoms with Gasteiger partial charge in [0.05, 0.1) is 17.3 Å². The van der Waals surface area contributed by atoms with Crippen molar-refractivity contribution in [2.45, 2.75) is 5.16 Å². The van der Waals surface area contributed by atoms with Gasteiger partial charge in [-0.1, -0.05) is 35.5 Å². The molecular weight excluding hydrogens is 254 g/mol. The first kappa shape index (κ1) is 11.9. The lowest BCUT2D eigenvalue weighted by molar-refractivity contribution is 0.977. The molecule has 0 aliphatic heterocycles. The van der Waals surface area contributed by atoms with Crippen LogP contribution in [0.25, 0.3) is 11.3 Å². The highest BCUT2D eigenvalue weighted by Gasteiger charge is 2.05. The van der Waals surface area contributed by atoms with Crippen LogP contribution >= 0.6 is 23.4 Å². The molecule has 17 heavy (non-hydrogen) atoms. The van der Waals surface area contributed by atoms with E-state index in [0.29, 0.717) is 15.9 Å². The molecule has 0 amide bonds. The molecule has 0 spiro atoms. The van der Waals surface area contributed by atoms with Gasteiger partial charge in [-0.05, 0) is 18.4 Å². The Balaban J connectivity index is 2.52. The van der Waals surface area contributed by atoms with Crippen molar-refractivity contribution in [2.75, 3.05) is 6.26 Å². The number of benzene rings is 1. The summed E-state index contributed by atoms with van der Waals surface area (Å²) in [4.78, 5) is 8.43. The summed E-state index contributed by atoms with van der Waals surface area (Å²) in [5.41, 5.74) is 2.19. The first-order valence-electron chi connectivity index (χ1n) is 4.82. The second kappa shape index (κ2) is 5.17. The monoisotopic (exact) mass is 261 g/mol. The molecule has 0 saturated carbocycles. The van der Waals surface area contributed by atoms with Gasteiger partial charge in [-0.2, -0.15) is 5.26 Å². The Morgan fingerprint density at radius 3 is 2.82 bits per heavy atom. The van der Waals surface area contributed by atoms with Crippen molar-refractivity contribution in [3.63, 3.8) is 0 Å². The topological polar surface area (TPSA) is 49.6 Å². The van der Waals surface area contributed by atoms with E-state index in [1.165, 1.54) is 11.8 Å². The lowest BCUT2D eigenvalue weighted by atomic mass is 10.1. The zero-order valence-electron chi connectivity index (χ0n) is 9.01. The summed E-state index contributed by atoms with van der Waals surface area (Å²) < 4.78 is 0. The van der Waals surface area contributed by atoms with Crippen LogP contribution in [0.3, 0.4) is 0 Å². The molecule has 0 aliphatic rings. The first-order valence-corrected chi connectivity index (χ1v) is 6.42. The van der Waals surface area contributed by atoms with Crippen LogP contribution in [0.5, 0.6) is 0 Å². The molecule has 0 radical (unpaired) electrons. The minimum absolute atomic E-state index is 0.404. The maximum atomic E-state index is 8.85. The third-order valence-corrected chi connectivity index (χ3v) is 2.89. The molecule has 5 heteroatoms. The molecule has 84 valence electrons. The van der Waals surface area contributed by atoms with E-state index in [2.05, 4.69) is 16.0 Å². The van der Waals surface area contributed by atoms with Gasteiger partial charge in [-0.15, -0.1) is 0 Å². The normalized spacial score (nSPS) is 9.94. The minimum Gasteiger partial charge on any atom is -0.222 e. The van der Waals surface area contributed by atoms with Crippen molar-refractivity contribution in [3.8, 4) is 17.3 Å². The molecule has 3 nitrogen and oxygen atoms in total. The number of halogens is 1. The second-order valence-electron chi connectivity index (χ2n) is 3.26. The number of hydrogen-bond acceptors (Lipinski definition) is 4. The summed E-state index contributed by atoms with van der Waals surface area (Å²) >= 11 is 7.35. The molecule has 1 aromatic heterocycles. The van der Waals surface area contributed by atoms with Gasteiger partial charge in [0.2, 0.25) is 0 Å². The zero-order valence-corrected chi connectivity index (χ0v) is 10.6. The summed E-state index contributed by atoms with van der Waals surface area (Å²) in [6.07, 6.45) is 1.89. The van der Waals surface area contributed by atoms with Gasteiger partial charge in [0.1, 0.15) is 5.15 Å². The van der Waals surface area contributed by atoms with Crippen molar-refractivity contribution in [2.24, 2.45) is 0 Å². The maximum Gasteiger partial charge on any atom is 0.189 e. The lowest BCUT2D eigenvalue weighted by Crippen LogP contribution is -1.91. The molecular formula is C12H8ClN3S. The fraction of sp³-hybridized carbons (Fsp3) is 0.0833. The highest BCUT2D eigenvalue weighted by molar-refractivity contribution is 7.98. The van der Waals surface area contributed by atoms with Crippen LogP contribution in [-0.2, 0) is 0 Å². The van der Waals surface area contributed by atoms with Crippen LogP contribution < -0.4 is 0 Å². The molecule has 2 rings (SSSR count). The van der Waals surface area contributed by atoms with E-state index >= 15 is 0 Å². The van der Waals surface area contributed by atoms with Crippen molar-refractivity contribution in [1.82, 2.24) is 9.97 Å². The highest BCUT2D eigenvalue weighted by Crippen LogP contribution is 2.23. The van der Waals surface area contributed by atoms with Crippen LogP contribution in [0.4, 0.5) is 0 Å². The van der Waals surface area contributed by atoms with Gasteiger partial charge >= 0.3 is 0 Å².